The number of benzene rings is 2. The third-order valence-electron chi connectivity index (χ3n) is 4.63. The first-order valence-corrected chi connectivity index (χ1v) is 8.94. The minimum absolute atomic E-state index is 0.0843. The van der Waals surface area contributed by atoms with Crippen molar-refractivity contribution in [2.75, 3.05) is 0 Å². The number of aromatic carboxylic acids is 1. The van der Waals surface area contributed by atoms with Gasteiger partial charge >= 0.3 is 5.97 Å². The Labute approximate surface area is 160 Å². The minimum Gasteiger partial charge on any atom is -0.478 e. The lowest BCUT2D eigenvalue weighted by molar-refractivity contribution is 0.0694. The molecule has 152 valence electrons. The van der Waals surface area contributed by atoms with E-state index >= 15 is 0 Å². The second-order valence-electron chi connectivity index (χ2n) is 6.78. The molecule has 0 aliphatic heterocycles. The molecule has 3 unspecified atom stereocenters. The van der Waals surface area contributed by atoms with E-state index in [1.807, 2.05) is 0 Å². The standard InChI is InChI=1S/C21H21F5O2/c1-3-14(23)8-13(7-11(2)22)19-15(5-4-6-16(19)21(27)28)12-9-17(24)20(26)18(25)10-12/h4-6,9-11,13-14H,3,7-8H2,1-2H3,(H,27,28). The highest BCUT2D eigenvalue weighted by Gasteiger charge is 2.27. The van der Waals surface area contributed by atoms with Gasteiger partial charge in [0, 0.05) is 0 Å². The summed E-state index contributed by atoms with van der Waals surface area (Å²) in [6.07, 6.45) is -2.81. The molecule has 2 aromatic rings. The normalized spacial score (nSPS) is 14.5. The van der Waals surface area contributed by atoms with Crippen molar-refractivity contribution in [2.24, 2.45) is 0 Å². The number of halogens is 5. The molecule has 2 rings (SSSR count). The molecule has 0 spiro atoms. The molecule has 0 bridgehead atoms. The molecular formula is C21H21F5O2. The molecule has 0 aliphatic rings. The van der Waals surface area contributed by atoms with E-state index in [4.69, 9.17) is 0 Å². The van der Waals surface area contributed by atoms with Crippen LogP contribution in [0.15, 0.2) is 30.3 Å². The van der Waals surface area contributed by atoms with E-state index in [2.05, 4.69) is 0 Å². The maximum absolute atomic E-state index is 14.1. The van der Waals surface area contributed by atoms with Gasteiger partial charge < -0.3 is 5.11 Å². The molecule has 3 atom stereocenters. The van der Waals surface area contributed by atoms with E-state index < -0.39 is 41.7 Å². The Morgan fingerprint density at radius 1 is 1.07 bits per heavy atom. The summed E-state index contributed by atoms with van der Waals surface area (Å²) >= 11 is 0. The van der Waals surface area contributed by atoms with Crippen LogP contribution in [0.2, 0.25) is 0 Å². The zero-order valence-corrected chi connectivity index (χ0v) is 15.5. The number of alkyl halides is 2. The smallest absolute Gasteiger partial charge is 0.335 e. The van der Waals surface area contributed by atoms with Crippen molar-refractivity contribution in [2.45, 2.75) is 51.4 Å². The maximum atomic E-state index is 14.1. The number of carboxylic acids is 1. The summed E-state index contributed by atoms with van der Waals surface area (Å²) < 4.78 is 68.7. The molecule has 0 aromatic heterocycles. The van der Waals surface area contributed by atoms with E-state index in [0.29, 0.717) is 0 Å². The van der Waals surface area contributed by atoms with Crippen LogP contribution in [-0.2, 0) is 0 Å². The first-order valence-electron chi connectivity index (χ1n) is 8.94. The predicted molar refractivity (Wildman–Crippen MR) is 96.4 cm³/mol. The number of rotatable bonds is 8. The summed E-state index contributed by atoms with van der Waals surface area (Å²) in [7, 11) is 0. The van der Waals surface area contributed by atoms with Crippen molar-refractivity contribution in [1.82, 2.24) is 0 Å². The van der Waals surface area contributed by atoms with Crippen LogP contribution >= 0.6 is 0 Å². The van der Waals surface area contributed by atoms with Gasteiger partial charge in [0.1, 0.15) is 6.17 Å². The molecule has 28 heavy (non-hydrogen) atoms. The van der Waals surface area contributed by atoms with Crippen LogP contribution in [0.5, 0.6) is 0 Å². The molecule has 0 aliphatic carbocycles. The van der Waals surface area contributed by atoms with E-state index in [9.17, 15) is 31.9 Å². The summed E-state index contributed by atoms with van der Waals surface area (Å²) in [6.45, 7) is 2.88. The van der Waals surface area contributed by atoms with Gasteiger partial charge in [-0.05, 0) is 67.0 Å². The van der Waals surface area contributed by atoms with Crippen LogP contribution in [0.4, 0.5) is 22.0 Å². The zero-order chi connectivity index (χ0) is 21.0. The van der Waals surface area contributed by atoms with Crippen molar-refractivity contribution in [3.8, 4) is 11.1 Å². The minimum atomic E-state index is -1.65. The van der Waals surface area contributed by atoms with Gasteiger partial charge in [0.05, 0.1) is 11.7 Å². The van der Waals surface area contributed by atoms with Crippen molar-refractivity contribution >= 4 is 5.97 Å². The fourth-order valence-electron chi connectivity index (χ4n) is 3.35. The second kappa shape index (κ2) is 9.17. The number of hydrogen-bond donors (Lipinski definition) is 1. The maximum Gasteiger partial charge on any atom is 0.335 e. The second-order valence-corrected chi connectivity index (χ2v) is 6.78. The number of carboxylic acid groups (broad SMARTS) is 1. The molecule has 2 aromatic carbocycles. The topological polar surface area (TPSA) is 37.3 Å². The molecule has 0 saturated carbocycles. The molecule has 7 heteroatoms. The average molecular weight is 400 g/mol. The largest absolute Gasteiger partial charge is 0.478 e. The molecule has 2 nitrogen and oxygen atoms in total. The molecular weight excluding hydrogens is 379 g/mol. The average Bonchev–Trinajstić information content (AvgIpc) is 2.63. The monoisotopic (exact) mass is 400 g/mol. The van der Waals surface area contributed by atoms with Gasteiger partial charge in [-0.25, -0.2) is 26.7 Å². The van der Waals surface area contributed by atoms with Crippen LogP contribution in [0, 0.1) is 17.5 Å². The third-order valence-corrected chi connectivity index (χ3v) is 4.63. The first kappa shape index (κ1) is 21.9. The van der Waals surface area contributed by atoms with Crippen molar-refractivity contribution in [3.05, 3.63) is 58.9 Å². The Kier molecular flexibility index (Phi) is 7.16. The van der Waals surface area contributed by atoms with Crippen LogP contribution in [0.3, 0.4) is 0 Å². The summed E-state index contributed by atoms with van der Waals surface area (Å²) in [5, 5.41) is 9.57. The van der Waals surface area contributed by atoms with Gasteiger partial charge in [0.2, 0.25) is 0 Å². The van der Waals surface area contributed by atoms with E-state index in [-0.39, 0.29) is 41.5 Å². The Morgan fingerprint density at radius 3 is 2.18 bits per heavy atom. The Morgan fingerprint density at radius 2 is 1.68 bits per heavy atom. The summed E-state index contributed by atoms with van der Waals surface area (Å²) in [5.41, 5.74) is -0.123. The highest BCUT2D eigenvalue weighted by Crippen LogP contribution is 2.39. The van der Waals surface area contributed by atoms with E-state index in [0.717, 1.165) is 12.1 Å². The fraction of sp³-hybridized carbons (Fsp3) is 0.381. The van der Waals surface area contributed by atoms with Crippen LogP contribution in [0.25, 0.3) is 11.1 Å². The zero-order valence-electron chi connectivity index (χ0n) is 15.5. The van der Waals surface area contributed by atoms with Gasteiger partial charge in [-0.3, -0.25) is 0 Å². The molecule has 0 heterocycles. The Hall–Kier alpha value is -2.44. The third kappa shape index (κ3) is 4.88. The van der Waals surface area contributed by atoms with Crippen molar-refractivity contribution < 1.29 is 31.9 Å². The lowest BCUT2D eigenvalue weighted by atomic mass is 9.81. The highest BCUT2D eigenvalue weighted by molar-refractivity contribution is 5.92. The summed E-state index contributed by atoms with van der Waals surface area (Å²) in [6, 6.07) is 5.52. The fourth-order valence-corrected chi connectivity index (χ4v) is 3.35. The molecule has 0 fully saturated rings. The summed E-state index contributed by atoms with van der Waals surface area (Å²) in [4.78, 5) is 11.7. The Bertz CT molecular complexity index is 828. The van der Waals surface area contributed by atoms with E-state index in [1.54, 1.807) is 6.92 Å². The van der Waals surface area contributed by atoms with Crippen LogP contribution in [-0.4, -0.2) is 23.4 Å². The highest BCUT2D eigenvalue weighted by atomic mass is 19.2. The van der Waals surface area contributed by atoms with Crippen molar-refractivity contribution in [3.63, 3.8) is 0 Å². The molecule has 0 amide bonds. The van der Waals surface area contributed by atoms with Gasteiger partial charge in [0.15, 0.2) is 17.5 Å². The van der Waals surface area contributed by atoms with Crippen LogP contribution in [0.1, 0.15) is 54.9 Å². The molecule has 1 N–H and O–H groups in total. The molecule has 0 radical (unpaired) electrons. The van der Waals surface area contributed by atoms with Gasteiger partial charge in [-0.1, -0.05) is 19.1 Å². The quantitative estimate of drug-likeness (QED) is 0.409. The predicted octanol–water partition coefficient (Wildman–Crippen LogP) is 6.44. The number of carbonyl (C=O) groups is 1. The first-order chi connectivity index (χ1) is 13.1. The Balaban J connectivity index is 2.73. The SMILES string of the molecule is CCC(F)CC(CC(C)F)c1c(C(=O)O)cccc1-c1cc(F)c(F)c(F)c1. The number of hydrogen-bond acceptors (Lipinski definition) is 1. The van der Waals surface area contributed by atoms with Crippen LogP contribution < -0.4 is 0 Å². The van der Waals surface area contributed by atoms with Crippen molar-refractivity contribution in [1.29, 1.82) is 0 Å². The lowest BCUT2D eigenvalue weighted by Gasteiger charge is -2.25. The summed E-state index contributed by atoms with van der Waals surface area (Å²) in [5.74, 6) is -6.69. The van der Waals surface area contributed by atoms with Gasteiger partial charge in [-0.2, -0.15) is 0 Å². The van der Waals surface area contributed by atoms with E-state index in [1.165, 1.54) is 25.1 Å². The van der Waals surface area contributed by atoms with Gasteiger partial charge in [0.25, 0.3) is 0 Å². The molecule has 0 saturated heterocycles. The van der Waals surface area contributed by atoms with Gasteiger partial charge in [-0.15, -0.1) is 0 Å². The lowest BCUT2D eigenvalue weighted by Crippen LogP contribution is -2.16.